The van der Waals surface area contributed by atoms with Crippen molar-refractivity contribution in [1.29, 1.82) is 5.26 Å². The molecule has 0 atom stereocenters. The first kappa shape index (κ1) is 22.7. The third-order valence-corrected chi connectivity index (χ3v) is 5.73. The number of sulfonamides is 1. The van der Waals surface area contributed by atoms with E-state index in [1.165, 1.54) is 48.5 Å². The molecule has 0 saturated carbocycles. The SMILES string of the molecule is N#Cc1c(F)cccc1NCCNC(=O)c1cccc(S(=O)(=O)Nc2ccc(F)cc2)c1. The Bertz CT molecular complexity index is 1270. The van der Waals surface area contributed by atoms with Crippen LogP contribution >= 0.6 is 0 Å². The molecule has 10 heteroatoms. The number of nitrogens with one attached hydrogen (secondary N) is 3. The van der Waals surface area contributed by atoms with Crippen LogP contribution in [0, 0.1) is 23.0 Å². The van der Waals surface area contributed by atoms with E-state index in [0.717, 1.165) is 12.1 Å². The number of halogens is 2. The number of amides is 1. The highest BCUT2D eigenvalue weighted by Gasteiger charge is 2.16. The van der Waals surface area contributed by atoms with E-state index in [2.05, 4.69) is 15.4 Å². The lowest BCUT2D eigenvalue weighted by molar-refractivity contribution is 0.0955. The maximum Gasteiger partial charge on any atom is 0.261 e. The van der Waals surface area contributed by atoms with E-state index in [1.54, 1.807) is 12.1 Å². The van der Waals surface area contributed by atoms with E-state index in [1.807, 2.05) is 0 Å². The standard InChI is InChI=1S/C22H18F2N4O3S/c23-16-7-9-17(10-8-16)28-32(30,31)18-4-1-3-15(13-18)22(29)27-12-11-26-21-6-2-5-20(24)19(21)14-25/h1-10,13,26,28H,11-12H2,(H,27,29). The van der Waals surface area contributed by atoms with Crippen LogP contribution in [0.15, 0.2) is 71.6 Å². The van der Waals surface area contributed by atoms with Gasteiger partial charge in [0, 0.05) is 24.3 Å². The first-order chi connectivity index (χ1) is 15.3. The number of nitrogens with zero attached hydrogens (tertiary/aromatic N) is 1. The minimum absolute atomic E-state index is 0.120. The van der Waals surface area contributed by atoms with Gasteiger partial charge < -0.3 is 10.6 Å². The number of hydrogen-bond donors (Lipinski definition) is 3. The maximum absolute atomic E-state index is 13.6. The molecule has 0 aliphatic heterocycles. The molecule has 3 rings (SSSR count). The molecule has 0 aliphatic rings. The Morgan fingerprint density at radius 1 is 0.969 bits per heavy atom. The van der Waals surface area contributed by atoms with Crippen LogP contribution in [0.2, 0.25) is 0 Å². The fourth-order valence-electron chi connectivity index (χ4n) is 2.80. The molecule has 3 aromatic rings. The Morgan fingerprint density at radius 3 is 2.41 bits per heavy atom. The van der Waals surface area contributed by atoms with Crippen LogP contribution in [-0.2, 0) is 10.0 Å². The number of nitriles is 1. The lowest BCUT2D eigenvalue weighted by atomic mass is 10.2. The summed E-state index contributed by atoms with van der Waals surface area (Å²) in [5.74, 6) is -1.65. The van der Waals surface area contributed by atoms with Gasteiger partial charge in [-0.3, -0.25) is 9.52 Å². The van der Waals surface area contributed by atoms with Crippen molar-refractivity contribution in [3.8, 4) is 6.07 Å². The zero-order valence-electron chi connectivity index (χ0n) is 16.6. The van der Waals surface area contributed by atoms with E-state index in [-0.39, 0.29) is 34.8 Å². The van der Waals surface area contributed by atoms with E-state index < -0.39 is 27.6 Å². The molecule has 0 spiro atoms. The van der Waals surface area contributed by atoms with Crippen LogP contribution in [0.4, 0.5) is 20.2 Å². The summed E-state index contributed by atoms with van der Waals surface area (Å²) in [4.78, 5) is 12.3. The molecule has 3 aromatic carbocycles. The van der Waals surface area contributed by atoms with Gasteiger partial charge >= 0.3 is 0 Å². The van der Waals surface area contributed by atoms with E-state index >= 15 is 0 Å². The van der Waals surface area contributed by atoms with Crippen LogP contribution < -0.4 is 15.4 Å². The van der Waals surface area contributed by atoms with Crippen molar-refractivity contribution in [2.75, 3.05) is 23.1 Å². The minimum atomic E-state index is -3.99. The van der Waals surface area contributed by atoms with E-state index in [9.17, 15) is 22.0 Å². The second-order valence-corrected chi connectivity index (χ2v) is 8.28. The number of carbonyl (C=O) groups excluding carboxylic acids is 1. The fourth-order valence-corrected chi connectivity index (χ4v) is 3.90. The fraction of sp³-hybridized carbons (Fsp3) is 0.0909. The second kappa shape index (κ2) is 9.89. The summed E-state index contributed by atoms with van der Waals surface area (Å²) in [5, 5.41) is 14.5. The molecule has 0 heterocycles. The maximum atomic E-state index is 13.6. The molecule has 0 saturated heterocycles. The van der Waals surface area contributed by atoms with Crippen molar-refractivity contribution in [3.05, 3.63) is 89.5 Å². The van der Waals surface area contributed by atoms with Crippen LogP contribution in [0.3, 0.4) is 0 Å². The summed E-state index contributed by atoms with van der Waals surface area (Å²) in [7, 11) is -3.99. The lowest BCUT2D eigenvalue weighted by Gasteiger charge is -2.11. The Morgan fingerprint density at radius 2 is 1.69 bits per heavy atom. The Balaban J connectivity index is 1.61. The van der Waals surface area contributed by atoms with Crippen molar-refractivity contribution in [1.82, 2.24) is 5.32 Å². The van der Waals surface area contributed by atoms with Gasteiger partial charge in [0.25, 0.3) is 15.9 Å². The van der Waals surface area contributed by atoms with Gasteiger partial charge in [-0.15, -0.1) is 0 Å². The van der Waals surface area contributed by atoms with Gasteiger partial charge in [0.1, 0.15) is 23.3 Å². The molecule has 32 heavy (non-hydrogen) atoms. The Kier molecular flexibility index (Phi) is 7.02. The van der Waals surface area contributed by atoms with Gasteiger partial charge in [-0.25, -0.2) is 17.2 Å². The number of anilines is 2. The molecule has 164 valence electrons. The third-order valence-electron chi connectivity index (χ3n) is 4.35. The van der Waals surface area contributed by atoms with Crippen LogP contribution in [-0.4, -0.2) is 27.4 Å². The largest absolute Gasteiger partial charge is 0.382 e. The zero-order chi connectivity index (χ0) is 23.1. The molecular formula is C22H18F2N4O3S. The number of hydrogen-bond acceptors (Lipinski definition) is 5. The van der Waals surface area contributed by atoms with Gasteiger partial charge in [-0.1, -0.05) is 12.1 Å². The number of benzene rings is 3. The summed E-state index contributed by atoms with van der Waals surface area (Å²) in [6.07, 6.45) is 0. The van der Waals surface area contributed by atoms with Gasteiger partial charge in [0.15, 0.2) is 0 Å². The predicted molar refractivity (Wildman–Crippen MR) is 116 cm³/mol. The molecule has 0 aliphatic carbocycles. The number of rotatable bonds is 8. The van der Waals surface area contributed by atoms with Gasteiger partial charge in [-0.2, -0.15) is 5.26 Å². The average molecular weight is 456 g/mol. The summed E-state index contributed by atoms with van der Waals surface area (Å²) < 4.78 is 54.0. The molecule has 0 unspecified atom stereocenters. The van der Waals surface area contributed by atoms with E-state index in [4.69, 9.17) is 5.26 Å². The smallest absolute Gasteiger partial charge is 0.261 e. The highest BCUT2D eigenvalue weighted by Crippen LogP contribution is 2.18. The van der Waals surface area contributed by atoms with Gasteiger partial charge in [-0.05, 0) is 54.6 Å². The van der Waals surface area contributed by atoms with Gasteiger partial charge in [0.05, 0.1) is 10.6 Å². The molecule has 1 amide bonds. The summed E-state index contributed by atoms with van der Waals surface area (Å²) >= 11 is 0. The summed E-state index contributed by atoms with van der Waals surface area (Å²) in [6, 6.07) is 16.2. The quantitative estimate of drug-likeness (QED) is 0.450. The molecule has 3 N–H and O–H groups in total. The highest BCUT2D eigenvalue weighted by molar-refractivity contribution is 7.92. The monoisotopic (exact) mass is 456 g/mol. The Hall–Kier alpha value is -3.97. The topological polar surface area (TPSA) is 111 Å². The molecule has 0 bridgehead atoms. The lowest BCUT2D eigenvalue weighted by Crippen LogP contribution is -2.29. The average Bonchev–Trinajstić information content (AvgIpc) is 2.78. The first-order valence-corrected chi connectivity index (χ1v) is 10.9. The van der Waals surface area contributed by atoms with Crippen molar-refractivity contribution >= 4 is 27.3 Å². The first-order valence-electron chi connectivity index (χ1n) is 9.39. The molecular weight excluding hydrogens is 438 g/mol. The zero-order valence-corrected chi connectivity index (χ0v) is 17.4. The Labute approximate surface area is 183 Å². The summed E-state index contributed by atoms with van der Waals surface area (Å²) in [5.41, 5.74) is 0.490. The van der Waals surface area contributed by atoms with Crippen LogP contribution in [0.25, 0.3) is 0 Å². The highest BCUT2D eigenvalue weighted by atomic mass is 32.2. The predicted octanol–water partition coefficient (Wildman–Crippen LogP) is 3.48. The number of carbonyl (C=O) groups is 1. The molecule has 7 nitrogen and oxygen atoms in total. The van der Waals surface area contributed by atoms with Gasteiger partial charge in [0.2, 0.25) is 0 Å². The molecule has 0 aromatic heterocycles. The van der Waals surface area contributed by atoms with Crippen LogP contribution in [0.1, 0.15) is 15.9 Å². The molecule has 0 radical (unpaired) electrons. The van der Waals surface area contributed by atoms with Crippen molar-refractivity contribution in [2.45, 2.75) is 4.90 Å². The third kappa shape index (κ3) is 5.59. The van der Waals surface area contributed by atoms with Crippen molar-refractivity contribution in [2.24, 2.45) is 0 Å². The normalized spacial score (nSPS) is 10.8. The van der Waals surface area contributed by atoms with Crippen LogP contribution in [0.5, 0.6) is 0 Å². The molecule has 0 fully saturated rings. The minimum Gasteiger partial charge on any atom is -0.382 e. The summed E-state index contributed by atoms with van der Waals surface area (Å²) in [6.45, 7) is 0.360. The van der Waals surface area contributed by atoms with Crippen molar-refractivity contribution < 1.29 is 22.0 Å². The second-order valence-electron chi connectivity index (χ2n) is 6.60. The van der Waals surface area contributed by atoms with Crippen molar-refractivity contribution in [3.63, 3.8) is 0 Å². The van der Waals surface area contributed by atoms with E-state index in [0.29, 0.717) is 5.69 Å².